The summed E-state index contributed by atoms with van der Waals surface area (Å²) in [5, 5.41) is 3.87. The first-order valence-corrected chi connectivity index (χ1v) is 11.1. The summed E-state index contributed by atoms with van der Waals surface area (Å²) in [6.45, 7) is 2.90. The molecule has 2 nitrogen and oxygen atoms in total. The Labute approximate surface area is 179 Å². The summed E-state index contributed by atoms with van der Waals surface area (Å²) in [6.07, 6.45) is 7.93. The maximum Gasteiger partial charge on any atom is 0.142 e. The molecule has 0 saturated heterocycles. The van der Waals surface area contributed by atoms with Crippen molar-refractivity contribution in [3.63, 3.8) is 0 Å². The molecule has 0 spiro atoms. The van der Waals surface area contributed by atoms with E-state index >= 15 is 0 Å². The molecule has 2 heteroatoms. The average molecular weight is 396 g/mol. The molecule has 3 atom stereocenters. The Morgan fingerprint density at radius 3 is 2.70 bits per heavy atom. The Hall–Kier alpha value is -3.00. The molecule has 5 rings (SSSR count). The minimum atomic E-state index is 0.312. The van der Waals surface area contributed by atoms with E-state index in [-0.39, 0.29) is 0 Å². The van der Waals surface area contributed by atoms with E-state index in [0.717, 1.165) is 31.6 Å². The number of fused-ring (bicyclic) bond motifs is 3. The molecule has 0 aromatic heterocycles. The van der Waals surface area contributed by atoms with Crippen molar-refractivity contribution < 1.29 is 4.74 Å². The van der Waals surface area contributed by atoms with Crippen molar-refractivity contribution in [1.82, 2.24) is 0 Å². The highest BCUT2D eigenvalue weighted by Crippen LogP contribution is 2.52. The zero-order valence-electron chi connectivity index (χ0n) is 17.6. The summed E-state index contributed by atoms with van der Waals surface area (Å²) in [6, 6.07) is 26.4. The van der Waals surface area contributed by atoms with Gasteiger partial charge >= 0.3 is 0 Å². The molecule has 1 N–H and O–H groups in total. The van der Waals surface area contributed by atoms with E-state index in [1.807, 2.05) is 0 Å². The van der Waals surface area contributed by atoms with Gasteiger partial charge < -0.3 is 10.1 Å². The molecule has 2 aliphatic rings. The highest BCUT2D eigenvalue weighted by Gasteiger charge is 2.38. The highest BCUT2D eigenvalue weighted by atomic mass is 16.5. The summed E-state index contributed by atoms with van der Waals surface area (Å²) in [4.78, 5) is 0. The van der Waals surface area contributed by atoms with Crippen LogP contribution < -0.4 is 10.1 Å². The number of aryl methyl sites for hydroxylation is 2. The van der Waals surface area contributed by atoms with E-state index in [9.17, 15) is 0 Å². The van der Waals surface area contributed by atoms with Gasteiger partial charge in [-0.1, -0.05) is 84.4 Å². The van der Waals surface area contributed by atoms with Crippen LogP contribution in [0.5, 0.6) is 5.75 Å². The maximum absolute atomic E-state index is 6.30. The predicted molar refractivity (Wildman–Crippen MR) is 124 cm³/mol. The Balaban J connectivity index is 1.36. The van der Waals surface area contributed by atoms with E-state index in [1.165, 1.54) is 27.9 Å². The Kier molecular flexibility index (Phi) is 5.31. The molecule has 30 heavy (non-hydrogen) atoms. The maximum atomic E-state index is 6.30. The molecule has 0 amide bonds. The van der Waals surface area contributed by atoms with E-state index in [4.69, 9.17) is 4.74 Å². The lowest BCUT2D eigenvalue weighted by molar-refractivity contribution is 0.309. The summed E-state index contributed by atoms with van der Waals surface area (Å²) < 4.78 is 6.30. The predicted octanol–water partition coefficient (Wildman–Crippen LogP) is 6.83. The van der Waals surface area contributed by atoms with E-state index in [0.29, 0.717) is 17.9 Å². The van der Waals surface area contributed by atoms with Crippen LogP contribution in [0.25, 0.3) is 0 Å². The number of anilines is 1. The van der Waals surface area contributed by atoms with Crippen molar-refractivity contribution in [3.8, 4) is 5.75 Å². The summed E-state index contributed by atoms with van der Waals surface area (Å²) in [5.41, 5.74) is 6.61. The lowest BCUT2D eigenvalue weighted by Gasteiger charge is -2.38. The first-order valence-electron chi connectivity index (χ1n) is 11.1. The molecule has 0 bridgehead atoms. The van der Waals surface area contributed by atoms with Gasteiger partial charge in [-0.15, -0.1) is 0 Å². The van der Waals surface area contributed by atoms with Crippen molar-refractivity contribution in [1.29, 1.82) is 0 Å². The third kappa shape index (κ3) is 3.75. The van der Waals surface area contributed by atoms with E-state index in [1.54, 1.807) is 0 Å². The van der Waals surface area contributed by atoms with Crippen molar-refractivity contribution in [2.24, 2.45) is 5.92 Å². The average Bonchev–Trinajstić information content (AvgIpc) is 3.27. The zero-order valence-corrected chi connectivity index (χ0v) is 17.6. The van der Waals surface area contributed by atoms with Crippen LogP contribution in [0.4, 0.5) is 5.69 Å². The standard InChI is InChI=1S/C28H29NO/c1-20-9-5-13-22(19-20)27-24-15-6-14-23(24)25-16-7-17-26(28(25)29-27)30-18-8-12-21-10-3-2-4-11-21/h2-7,9-11,13-14,16-17,19,23-24,27,29H,8,12,15,18H2,1H3. The lowest BCUT2D eigenvalue weighted by Crippen LogP contribution is -2.29. The quantitative estimate of drug-likeness (QED) is 0.365. The smallest absolute Gasteiger partial charge is 0.142 e. The Bertz CT molecular complexity index is 1040. The first-order chi connectivity index (χ1) is 14.8. The number of rotatable bonds is 6. The van der Waals surface area contributed by atoms with Gasteiger partial charge in [0.2, 0.25) is 0 Å². The molecular weight excluding hydrogens is 366 g/mol. The molecule has 3 aromatic carbocycles. The molecule has 1 aliphatic carbocycles. The van der Waals surface area contributed by atoms with Gasteiger partial charge in [0.15, 0.2) is 0 Å². The van der Waals surface area contributed by atoms with Gasteiger partial charge in [-0.2, -0.15) is 0 Å². The second kappa shape index (κ2) is 8.39. The number of nitrogens with one attached hydrogen (secondary N) is 1. The summed E-state index contributed by atoms with van der Waals surface area (Å²) in [7, 11) is 0. The molecule has 0 radical (unpaired) electrons. The van der Waals surface area contributed by atoms with Crippen molar-refractivity contribution >= 4 is 5.69 Å². The molecule has 0 saturated carbocycles. The summed E-state index contributed by atoms with van der Waals surface area (Å²) in [5.74, 6) is 2.00. The van der Waals surface area contributed by atoms with Crippen LogP contribution in [0.3, 0.4) is 0 Å². The minimum absolute atomic E-state index is 0.312. The van der Waals surface area contributed by atoms with Crippen LogP contribution >= 0.6 is 0 Å². The van der Waals surface area contributed by atoms with Crippen molar-refractivity contribution in [2.45, 2.75) is 38.1 Å². The minimum Gasteiger partial charge on any atom is -0.491 e. The van der Waals surface area contributed by atoms with Gasteiger partial charge in [0.1, 0.15) is 5.75 Å². The summed E-state index contributed by atoms with van der Waals surface area (Å²) >= 11 is 0. The van der Waals surface area contributed by atoms with Gasteiger partial charge in [0.05, 0.1) is 18.3 Å². The topological polar surface area (TPSA) is 21.3 Å². The number of benzene rings is 3. The number of allylic oxidation sites excluding steroid dienone is 2. The van der Waals surface area contributed by atoms with Crippen molar-refractivity contribution in [2.75, 3.05) is 11.9 Å². The molecule has 152 valence electrons. The van der Waals surface area contributed by atoms with Gasteiger partial charge in [-0.3, -0.25) is 0 Å². The van der Waals surface area contributed by atoms with Crippen molar-refractivity contribution in [3.05, 3.63) is 107 Å². The normalized spacial score (nSPS) is 21.6. The fraction of sp³-hybridized carbons (Fsp3) is 0.286. The molecule has 3 unspecified atom stereocenters. The molecule has 0 fully saturated rings. The van der Waals surface area contributed by atoms with E-state index < -0.39 is 0 Å². The monoisotopic (exact) mass is 395 g/mol. The number of hydrogen-bond donors (Lipinski definition) is 1. The lowest BCUT2D eigenvalue weighted by atomic mass is 9.76. The SMILES string of the molecule is Cc1cccc(C2Nc3c(OCCCc4ccccc4)cccc3C3C=CCC32)c1. The number of ether oxygens (including phenoxy) is 1. The van der Waals surface area contributed by atoms with Crippen LogP contribution in [0.15, 0.2) is 84.9 Å². The second-order valence-corrected chi connectivity index (χ2v) is 8.55. The second-order valence-electron chi connectivity index (χ2n) is 8.55. The fourth-order valence-corrected chi connectivity index (χ4v) is 5.01. The van der Waals surface area contributed by atoms with Gasteiger partial charge in [-0.05, 0) is 54.9 Å². The Morgan fingerprint density at radius 1 is 0.967 bits per heavy atom. The van der Waals surface area contributed by atoms with Crippen LogP contribution in [0, 0.1) is 12.8 Å². The largest absolute Gasteiger partial charge is 0.491 e. The van der Waals surface area contributed by atoms with Gasteiger partial charge in [0.25, 0.3) is 0 Å². The van der Waals surface area contributed by atoms with Gasteiger partial charge in [0, 0.05) is 5.92 Å². The molecular formula is C28H29NO. The van der Waals surface area contributed by atoms with Crippen LogP contribution in [-0.4, -0.2) is 6.61 Å². The molecule has 1 heterocycles. The van der Waals surface area contributed by atoms with Crippen LogP contribution in [-0.2, 0) is 6.42 Å². The molecule has 3 aromatic rings. The highest BCUT2D eigenvalue weighted by molar-refractivity contribution is 5.67. The van der Waals surface area contributed by atoms with Crippen LogP contribution in [0.2, 0.25) is 0 Å². The first kappa shape index (κ1) is 19.0. The third-order valence-corrected chi connectivity index (χ3v) is 6.47. The van der Waals surface area contributed by atoms with E-state index in [2.05, 4.69) is 97.2 Å². The number of hydrogen-bond acceptors (Lipinski definition) is 2. The Morgan fingerprint density at radius 2 is 1.83 bits per heavy atom. The molecule has 1 aliphatic heterocycles. The number of para-hydroxylation sites is 1. The fourth-order valence-electron chi connectivity index (χ4n) is 5.01. The third-order valence-electron chi connectivity index (χ3n) is 6.47. The van der Waals surface area contributed by atoms with Gasteiger partial charge in [-0.25, -0.2) is 0 Å². The zero-order chi connectivity index (χ0) is 20.3. The van der Waals surface area contributed by atoms with Crippen LogP contribution in [0.1, 0.15) is 47.1 Å².